The summed E-state index contributed by atoms with van der Waals surface area (Å²) in [5.41, 5.74) is 0.384. The smallest absolute Gasteiger partial charge is 0.269 e. The molecule has 0 spiro atoms. The number of halogens is 1. The summed E-state index contributed by atoms with van der Waals surface area (Å²) in [6, 6.07) is 5.41. The molecule has 1 aliphatic rings. The van der Waals surface area contributed by atoms with E-state index in [4.69, 9.17) is 16.3 Å². The normalized spacial score (nSPS) is 19.2. The van der Waals surface area contributed by atoms with Gasteiger partial charge >= 0.3 is 0 Å². The number of hydrogen-bond acceptors (Lipinski definition) is 4. The van der Waals surface area contributed by atoms with Gasteiger partial charge in [-0.15, -0.1) is 11.6 Å². The molecule has 0 aromatic heterocycles. The number of nitrogens with zero attached hydrogens (tertiary/aromatic N) is 2. The van der Waals surface area contributed by atoms with Crippen molar-refractivity contribution in [3.05, 3.63) is 39.9 Å². The average Bonchev–Trinajstić information content (AvgIpc) is 2.46. The van der Waals surface area contributed by atoms with Crippen LogP contribution in [0.2, 0.25) is 0 Å². The number of amides is 1. The highest BCUT2D eigenvalue weighted by Crippen LogP contribution is 2.17. The lowest BCUT2D eigenvalue weighted by atomic mass is 10.1. The molecule has 0 N–H and O–H groups in total. The number of carbonyl (C=O) groups is 1. The monoisotopic (exact) mass is 284 g/mol. The van der Waals surface area contributed by atoms with E-state index in [2.05, 4.69) is 0 Å². The number of morpholine rings is 1. The highest BCUT2D eigenvalue weighted by molar-refractivity contribution is 6.18. The predicted octanol–water partition coefficient (Wildman–Crippen LogP) is 1.67. The number of alkyl halides is 1. The third-order valence-electron chi connectivity index (χ3n) is 2.99. The lowest BCUT2D eigenvalue weighted by Crippen LogP contribution is -2.49. The number of non-ortho nitro benzene ring substituents is 1. The second-order valence-electron chi connectivity index (χ2n) is 4.19. The summed E-state index contributed by atoms with van der Waals surface area (Å²) in [7, 11) is 0. The predicted molar refractivity (Wildman–Crippen MR) is 69.5 cm³/mol. The summed E-state index contributed by atoms with van der Waals surface area (Å²) >= 11 is 5.81. The summed E-state index contributed by atoms with van der Waals surface area (Å²) in [4.78, 5) is 24.0. The van der Waals surface area contributed by atoms with Gasteiger partial charge in [-0.2, -0.15) is 0 Å². The van der Waals surface area contributed by atoms with Crippen molar-refractivity contribution in [2.24, 2.45) is 0 Å². The molecule has 1 heterocycles. The molecule has 7 heteroatoms. The molecular weight excluding hydrogens is 272 g/mol. The Labute approximate surface area is 115 Å². The van der Waals surface area contributed by atoms with Crippen molar-refractivity contribution in [3.63, 3.8) is 0 Å². The molecule has 0 saturated carbocycles. The van der Waals surface area contributed by atoms with E-state index in [1.165, 1.54) is 24.3 Å². The molecule has 102 valence electrons. The standard InChI is InChI=1S/C12H13ClN2O4/c13-7-11-8-19-6-5-14(11)12(16)9-1-3-10(4-2-9)15(17)18/h1-4,11H,5-8H2. The highest BCUT2D eigenvalue weighted by atomic mass is 35.5. The average molecular weight is 285 g/mol. The minimum absolute atomic E-state index is 0.0348. The Hall–Kier alpha value is -1.66. The van der Waals surface area contributed by atoms with E-state index in [-0.39, 0.29) is 17.6 Å². The van der Waals surface area contributed by atoms with Gasteiger partial charge < -0.3 is 9.64 Å². The van der Waals surface area contributed by atoms with E-state index >= 15 is 0 Å². The largest absolute Gasteiger partial charge is 0.377 e. The van der Waals surface area contributed by atoms with Crippen LogP contribution in [-0.2, 0) is 4.74 Å². The van der Waals surface area contributed by atoms with Crippen LogP contribution in [0.25, 0.3) is 0 Å². The number of nitro benzene ring substituents is 1. The van der Waals surface area contributed by atoms with Crippen LogP contribution in [0, 0.1) is 10.1 Å². The fourth-order valence-electron chi connectivity index (χ4n) is 1.94. The van der Waals surface area contributed by atoms with E-state index in [9.17, 15) is 14.9 Å². The van der Waals surface area contributed by atoms with E-state index in [1.54, 1.807) is 4.90 Å². The molecular formula is C12H13ClN2O4. The summed E-state index contributed by atoms with van der Waals surface area (Å²) in [5.74, 6) is 0.127. The van der Waals surface area contributed by atoms with E-state index < -0.39 is 4.92 Å². The summed E-state index contributed by atoms with van der Waals surface area (Å²) in [6.45, 7) is 1.38. The Morgan fingerprint density at radius 2 is 2.16 bits per heavy atom. The summed E-state index contributed by atoms with van der Waals surface area (Å²) < 4.78 is 5.27. The zero-order valence-electron chi connectivity index (χ0n) is 10.1. The number of nitro groups is 1. The minimum atomic E-state index is -0.495. The zero-order chi connectivity index (χ0) is 13.8. The molecule has 1 unspecified atom stereocenters. The number of hydrogen-bond donors (Lipinski definition) is 0. The second kappa shape index (κ2) is 5.99. The van der Waals surface area contributed by atoms with Crippen molar-refractivity contribution in [2.45, 2.75) is 6.04 Å². The van der Waals surface area contributed by atoms with Crippen molar-refractivity contribution >= 4 is 23.2 Å². The molecule has 1 aromatic rings. The Balaban J connectivity index is 2.16. The Morgan fingerprint density at radius 3 is 2.74 bits per heavy atom. The van der Waals surface area contributed by atoms with Crippen LogP contribution in [0.4, 0.5) is 5.69 Å². The summed E-state index contributed by atoms with van der Waals surface area (Å²) in [5, 5.41) is 10.6. The first kappa shape index (κ1) is 13.8. The number of rotatable bonds is 3. The first-order valence-corrected chi connectivity index (χ1v) is 6.36. The second-order valence-corrected chi connectivity index (χ2v) is 4.49. The van der Waals surface area contributed by atoms with Crippen LogP contribution in [0.3, 0.4) is 0 Å². The van der Waals surface area contributed by atoms with Gasteiger partial charge in [0.1, 0.15) is 0 Å². The third kappa shape index (κ3) is 3.02. The van der Waals surface area contributed by atoms with Gasteiger partial charge in [-0.1, -0.05) is 0 Å². The van der Waals surface area contributed by atoms with Crippen molar-refractivity contribution in [1.29, 1.82) is 0 Å². The molecule has 1 saturated heterocycles. The summed E-state index contributed by atoms with van der Waals surface area (Å²) in [6.07, 6.45) is 0. The van der Waals surface area contributed by atoms with E-state index in [0.29, 0.717) is 31.2 Å². The number of benzene rings is 1. The van der Waals surface area contributed by atoms with Gasteiger partial charge in [0.2, 0.25) is 0 Å². The molecule has 0 aliphatic carbocycles. The maximum absolute atomic E-state index is 12.3. The molecule has 1 atom stereocenters. The van der Waals surface area contributed by atoms with E-state index in [1.807, 2.05) is 0 Å². The molecule has 1 aromatic carbocycles. The zero-order valence-corrected chi connectivity index (χ0v) is 10.9. The van der Waals surface area contributed by atoms with Gasteiger partial charge in [0.15, 0.2) is 0 Å². The Bertz CT molecular complexity index is 477. The first-order valence-electron chi connectivity index (χ1n) is 5.82. The fraction of sp³-hybridized carbons (Fsp3) is 0.417. The molecule has 2 rings (SSSR count). The van der Waals surface area contributed by atoms with Gasteiger partial charge in [0.05, 0.1) is 24.2 Å². The van der Waals surface area contributed by atoms with Gasteiger partial charge in [-0.3, -0.25) is 14.9 Å². The molecule has 0 radical (unpaired) electrons. The number of ether oxygens (including phenoxy) is 1. The Kier molecular flexibility index (Phi) is 4.34. The first-order chi connectivity index (χ1) is 9.13. The van der Waals surface area contributed by atoms with Crippen molar-refractivity contribution in [2.75, 3.05) is 25.6 Å². The molecule has 6 nitrogen and oxygen atoms in total. The topological polar surface area (TPSA) is 72.7 Å². The van der Waals surface area contributed by atoms with Crippen molar-refractivity contribution in [3.8, 4) is 0 Å². The van der Waals surface area contributed by atoms with Crippen LogP contribution in [0.15, 0.2) is 24.3 Å². The fourth-order valence-corrected chi connectivity index (χ4v) is 2.20. The van der Waals surface area contributed by atoms with Crippen LogP contribution < -0.4 is 0 Å². The highest BCUT2D eigenvalue weighted by Gasteiger charge is 2.27. The lowest BCUT2D eigenvalue weighted by Gasteiger charge is -2.34. The molecule has 1 fully saturated rings. The van der Waals surface area contributed by atoms with Gasteiger partial charge in [-0.25, -0.2) is 0 Å². The SMILES string of the molecule is O=C(c1ccc([N+](=O)[O-])cc1)N1CCOCC1CCl. The van der Waals surface area contributed by atoms with Gasteiger partial charge in [0, 0.05) is 30.1 Å². The molecule has 1 aliphatic heterocycles. The third-order valence-corrected chi connectivity index (χ3v) is 3.35. The Morgan fingerprint density at radius 1 is 1.47 bits per heavy atom. The maximum Gasteiger partial charge on any atom is 0.269 e. The molecule has 1 amide bonds. The quantitative estimate of drug-likeness (QED) is 0.481. The van der Waals surface area contributed by atoms with E-state index in [0.717, 1.165) is 0 Å². The van der Waals surface area contributed by atoms with Crippen molar-refractivity contribution < 1.29 is 14.5 Å². The van der Waals surface area contributed by atoms with Crippen LogP contribution in [-0.4, -0.2) is 47.4 Å². The van der Waals surface area contributed by atoms with Gasteiger partial charge in [-0.05, 0) is 12.1 Å². The number of carbonyl (C=O) groups excluding carboxylic acids is 1. The lowest BCUT2D eigenvalue weighted by molar-refractivity contribution is -0.384. The molecule has 0 bridgehead atoms. The minimum Gasteiger partial charge on any atom is -0.377 e. The van der Waals surface area contributed by atoms with Crippen LogP contribution in [0.5, 0.6) is 0 Å². The van der Waals surface area contributed by atoms with Gasteiger partial charge in [0.25, 0.3) is 11.6 Å². The molecule has 19 heavy (non-hydrogen) atoms. The van der Waals surface area contributed by atoms with Crippen LogP contribution >= 0.6 is 11.6 Å². The van der Waals surface area contributed by atoms with Crippen molar-refractivity contribution in [1.82, 2.24) is 4.90 Å². The van der Waals surface area contributed by atoms with Crippen LogP contribution in [0.1, 0.15) is 10.4 Å². The maximum atomic E-state index is 12.3.